The number of amides is 1. The van der Waals surface area contributed by atoms with Crippen molar-refractivity contribution in [2.24, 2.45) is 10.7 Å². The van der Waals surface area contributed by atoms with Crippen molar-refractivity contribution in [3.63, 3.8) is 0 Å². The van der Waals surface area contributed by atoms with E-state index in [0.29, 0.717) is 11.1 Å². The van der Waals surface area contributed by atoms with Gasteiger partial charge in [0.05, 0.1) is 4.90 Å². The molecular formula is C20H32N4O6S. The molecule has 0 bridgehead atoms. The molecule has 0 aliphatic carbocycles. The van der Waals surface area contributed by atoms with Gasteiger partial charge in [0, 0.05) is 6.54 Å². The Kier molecular flexibility index (Phi) is 8.85. The van der Waals surface area contributed by atoms with Gasteiger partial charge in [-0.15, -0.1) is 0 Å². The van der Waals surface area contributed by atoms with E-state index in [9.17, 15) is 23.1 Å². The molecule has 174 valence electrons. The summed E-state index contributed by atoms with van der Waals surface area (Å²) in [6, 6.07) is 2.36. The Morgan fingerprint density at radius 2 is 1.74 bits per heavy atom. The molecule has 0 spiro atoms. The third kappa shape index (κ3) is 8.83. The van der Waals surface area contributed by atoms with Crippen molar-refractivity contribution in [1.82, 2.24) is 10.0 Å². The van der Waals surface area contributed by atoms with Crippen LogP contribution in [-0.2, 0) is 19.6 Å². The third-order valence-electron chi connectivity index (χ3n) is 4.03. The predicted octanol–water partition coefficient (Wildman–Crippen LogP) is 1.96. The zero-order valence-electron chi connectivity index (χ0n) is 18.8. The van der Waals surface area contributed by atoms with Crippen molar-refractivity contribution in [2.75, 3.05) is 6.54 Å². The second kappa shape index (κ2) is 10.5. The molecule has 0 fully saturated rings. The Morgan fingerprint density at radius 1 is 1.19 bits per heavy atom. The maximum Gasteiger partial charge on any atom is 0.408 e. The number of carbonyl (C=O) groups excluding carboxylic acids is 1. The lowest BCUT2D eigenvalue weighted by Crippen LogP contribution is -2.43. The van der Waals surface area contributed by atoms with Crippen molar-refractivity contribution in [3.05, 3.63) is 28.8 Å². The van der Waals surface area contributed by atoms with Crippen LogP contribution in [0.4, 0.5) is 4.79 Å². The maximum atomic E-state index is 12.7. The van der Waals surface area contributed by atoms with E-state index in [4.69, 9.17) is 10.5 Å². The van der Waals surface area contributed by atoms with Crippen LogP contribution in [0.15, 0.2) is 22.0 Å². The lowest BCUT2D eigenvalue weighted by atomic mass is 10.1. The quantitative estimate of drug-likeness (QED) is 0.264. The molecule has 0 aliphatic heterocycles. The minimum Gasteiger partial charge on any atom is -0.480 e. The van der Waals surface area contributed by atoms with Crippen molar-refractivity contribution >= 4 is 28.0 Å². The van der Waals surface area contributed by atoms with E-state index < -0.39 is 33.7 Å². The number of carboxylic acid groups (broad SMARTS) is 1. The highest BCUT2D eigenvalue weighted by atomic mass is 32.2. The number of benzene rings is 1. The van der Waals surface area contributed by atoms with Crippen molar-refractivity contribution in [1.29, 1.82) is 0 Å². The first-order valence-electron chi connectivity index (χ1n) is 9.75. The molecule has 1 rings (SSSR count). The number of hydrogen-bond donors (Lipinski definition) is 4. The highest BCUT2D eigenvalue weighted by molar-refractivity contribution is 7.90. The normalized spacial score (nSPS) is 13.4. The average molecular weight is 457 g/mol. The zero-order valence-corrected chi connectivity index (χ0v) is 19.6. The second-order valence-electron chi connectivity index (χ2n) is 8.28. The Bertz CT molecular complexity index is 928. The van der Waals surface area contributed by atoms with E-state index in [2.05, 4.69) is 15.0 Å². The average Bonchev–Trinajstić information content (AvgIpc) is 2.53. The van der Waals surface area contributed by atoms with Gasteiger partial charge >= 0.3 is 12.1 Å². The number of nitrogens with two attached hydrogens (primary N) is 1. The smallest absolute Gasteiger partial charge is 0.408 e. The summed E-state index contributed by atoms with van der Waals surface area (Å²) >= 11 is 0. The molecular weight excluding hydrogens is 424 g/mol. The number of nitrogens with one attached hydrogen (secondary N) is 2. The summed E-state index contributed by atoms with van der Waals surface area (Å²) in [4.78, 5) is 27.2. The van der Waals surface area contributed by atoms with Gasteiger partial charge in [-0.3, -0.25) is 4.99 Å². The molecule has 0 aromatic heterocycles. The van der Waals surface area contributed by atoms with Gasteiger partial charge in [-0.2, -0.15) is 0 Å². The molecule has 1 atom stereocenters. The van der Waals surface area contributed by atoms with Crippen LogP contribution in [0.25, 0.3) is 0 Å². The molecule has 1 unspecified atom stereocenters. The molecule has 5 N–H and O–H groups in total. The molecule has 1 amide bonds. The number of aryl methyl sites for hydroxylation is 3. The van der Waals surface area contributed by atoms with Crippen molar-refractivity contribution in [2.45, 2.75) is 70.9 Å². The monoisotopic (exact) mass is 456 g/mol. The van der Waals surface area contributed by atoms with Crippen LogP contribution >= 0.6 is 0 Å². The van der Waals surface area contributed by atoms with E-state index in [-0.39, 0.29) is 30.2 Å². The second-order valence-corrected chi connectivity index (χ2v) is 9.90. The molecule has 0 aliphatic rings. The molecule has 1 aromatic carbocycles. The summed E-state index contributed by atoms with van der Waals surface area (Å²) in [5.41, 5.74) is 7.09. The lowest BCUT2D eigenvalue weighted by molar-refractivity contribution is -0.139. The number of hydrogen-bond acceptors (Lipinski definition) is 6. The number of nitrogens with zero attached hydrogens (tertiary/aromatic N) is 1. The molecule has 0 heterocycles. The third-order valence-corrected chi connectivity index (χ3v) is 5.69. The first-order chi connectivity index (χ1) is 14.1. The van der Waals surface area contributed by atoms with Gasteiger partial charge in [-0.25, -0.2) is 22.7 Å². The SMILES string of the molecule is Cc1cc(C)c(S(=O)(=O)NC(N)=NCCCC(NC(=O)OC(C)(C)C)C(=O)O)c(C)c1. The number of sulfonamides is 1. The van der Waals surface area contributed by atoms with Gasteiger partial charge in [-0.05, 0) is 65.5 Å². The molecule has 0 radical (unpaired) electrons. The fourth-order valence-corrected chi connectivity index (χ4v) is 4.42. The number of aliphatic imine (C=N–C) groups is 1. The Labute approximate surface area is 183 Å². The Hall–Kier alpha value is -2.82. The molecule has 31 heavy (non-hydrogen) atoms. The summed E-state index contributed by atoms with van der Waals surface area (Å²) in [5, 5.41) is 11.5. The summed E-state index contributed by atoms with van der Waals surface area (Å²) in [5.74, 6) is -1.51. The van der Waals surface area contributed by atoms with Gasteiger partial charge in [0.25, 0.3) is 10.0 Å². The summed E-state index contributed by atoms with van der Waals surface area (Å²) < 4.78 is 32.6. The number of ether oxygens (including phenoxy) is 1. The number of aliphatic carboxylic acids is 1. The van der Waals surface area contributed by atoms with E-state index in [1.54, 1.807) is 46.8 Å². The number of carbonyl (C=O) groups is 2. The molecule has 0 saturated carbocycles. The van der Waals surface area contributed by atoms with E-state index in [1.165, 1.54) is 0 Å². The topological polar surface area (TPSA) is 160 Å². The number of rotatable bonds is 8. The molecule has 11 heteroatoms. The number of guanidine groups is 1. The van der Waals surface area contributed by atoms with Crippen LogP contribution in [0.3, 0.4) is 0 Å². The van der Waals surface area contributed by atoms with Gasteiger partial charge in [0.1, 0.15) is 11.6 Å². The van der Waals surface area contributed by atoms with Crippen LogP contribution in [0.5, 0.6) is 0 Å². The first kappa shape index (κ1) is 26.2. The van der Waals surface area contributed by atoms with Crippen LogP contribution in [0, 0.1) is 20.8 Å². The number of carboxylic acids is 1. The van der Waals surface area contributed by atoms with Crippen molar-refractivity contribution < 1.29 is 27.9 Å². The highest BCUT2D eigenvalue weighted by Crippen LogP contribution is 2.21. The van der Waals surface area contributed by atoms with Crippen molar-refractivity contribution in [3.8, 4) is 0 Å². The van der Waals surface area contributed by atoms with E-state index in [0.717, 1.165) is 5.56 Å². The fourth-order valence-electron chi connectivity index (χ4n) is 3.01. The zero-order chi connectivity index (χ0) is 24.0. The van der Waals surface area contributed by atoms with Crippen LogP contribution in [-0.4, -0.2) is 49.7 Å². The van der Waals surface area contributed by atoms with Crippen LogP contribution in [0.1, 0.15) is 50.3 Å². The van der Waals surface area contributed by atoms with Gasteiger partial charge in [0.15, 0.2) is 0 Å². The molecule has 0 saturated heterocycles. The summed E-state index contributed by atoms with van der Waals surface area (Å²) in [7, 11) is -3.91. The highest BCUT2D eigenvalue weighted by Gasteiger charge is 2.24. The van der Waals surface area contributed by atoms with Gasteiger partial charge in [-0.1, -0.05) is 17.7 Å². The largest absolute Gasteiger partial charge is 0.480 e. The minimum absolute atomic E-state index is 0.0638. The number of alkyl carbamates (subject to hydrolysis) is 1. The minimum atomic E-state index is -3.91. The predicted molar refractivity (Wildman–Crippen MR) is 117 cm³/mol. The molecule has 10 nitrogen and oxygen atoms in total. The van der Waals surface area contributed by atoms with Crippen LogP contribution < -0.4 is 15.8 Å². The van der Waals surface area contributed by atoms with Gasteiger partial charge < -0.3 is 20.9 Å². The first-order valence-corrected chi connectivity index (χ1v) is 11.2. The van der Waals surface area contributed by atoms with E-state index in [1.807, 2.05) is 6.92 Å². The Morgan fingerprint density at radius 3 is 2.23 bits per heavy atom. The fraction of sp³-hybridized carbons (Fsp3) is 0.550. The maximum absolute atomic E-state index is 12.7. The van der Waals surface area contributed by atoms with Crippen LogP contribution in [0.2, 0.25) is 0 Å². The summed E-state index contributed by atoms with van der Waals surface area (Å²) in [6.07, 6.45) is -0.522. The Balaban J connectivity index is 2.69. The van der Waals surface area contributed by atoms with Gasteiger partial charge in [0.2, 0.25) is 5.96 Å². The summed E-state index contributed by atoms with van der Waals surface area (Å²) in [6.45, 7) is 10.3. The standard InChI is InChI=1S/C20H32N4O6S/c1-12-10-13(2)16(14(3)11-12)31(28,29)24-18(21)22-9-7-8-15(17(25)26)23-19(27)30-20(4,5)6/h10-11,15H,7-9H2,1-6H3,(H,23,27)(H,25,26)(H3,21,22,24). The molecule has 1 aromatic rings. The lowest BCUT2D eigenvalue weighted by Gasteiger charge is -2.21. The van der Waals surface area contributed by atoms with E-state index >= 15 is 0 Å².